The number of unbranched alkanes of at least 4 members (excludes halogenated alkanes) is 1. The summed E-state index contributed by atoms with van der Waals surface area (Å²) in [6.07, 6.45) is 2.66. The average molecular weight is 275 g/mol. The molecule has 0 aliphatic rings. The minimum Gasteiger partial charge on any atom is -0.346 e. The normalized spacial score (nSPS) is 10.4. The molecular formula is C17H25NO2. The number of Topliss-reactive ketones (excluding diaryl/α,β-unsaturated/α-hetero) is 1. The van der Waals surface area contributed by atoms with E-state index < -0.39 is 0 Å². The van der Waals surface area contributed by atoms with Crippen molar-refractivity contribution in [1.82, 2.24) is 4.90 Å². The van der Waals surface area contributed by atoms with Crippen LogP contribution in [0.15, 0.2) is 18.2 Å². The maximum absolute atomic E-state index is 12.2. The van der Waals surface area contributed by atoms with E-state index in [4.69, 9.17) is 0 Å². The lowest BCUT2D eigenvalue weighted by Gasteiger charge is -2.16. The van der Waals surface area contributed by atoms with Crippen molar-refractivity contribution in [2.45, 2.75) is 46.5 Å². The summed E-state index contributed by atoms with van der Waals surface area (Å²) in [6, 6.07) is 5.86. The Hall–Kier alpha value is -1.64. The average Bonchev–Trinajstić information content (AvgIpc) is 2.44. The Kier molecular flexibility index (Phi) is 6.43. The summed E-state index contributed by atoms with van der Waals surface area (Å²) in [6.45, 7) is 6.77. The number of ketones is 1. The van der Waals surface area contributed by atoms with E-state index in [0.29, 0.717) is 12.8 Å². The van der Waals surface area contributed by atoms with Gasteiger partial charge in [-0.15, -0.1) is 0 Å². The lowest BCUT2D eigenvalue weighted by atomic mass is 9.99. The van der Waals surface area contributed by atoms with Crippen LogP contribution in [0.1, 0.15) is 54.1 Å². The summed E-state index contributed by atoms with van der Waals surface area (Å²) in [4.78, 5) is 25.8. The zero-order chi connectivity index (χ0) is 15.1. The molecule has 0 atom stereocenters. The van der Waals surface area contributed by atoms with Gasteiger partial charge in [-0.25, -0.2) is 0 Å². The molecule has 0 fully saturated rings. The Morgan fingerprint density at radius 2 is 1.85 bits per heavy atom. The van der Waals surface area contributed by atoms with Gasteiger partial charge in [0, 0.05) is 32.0 Å². The number of aryl methyl sites for hydroxylation is 2. The number of amides is 1. The third kappa shape index (κ3) is 4.80. The number of nitrogens with zero attached hydrogens (tertiary/aromatic N) is 1. The van der Waals surface area contributed by atoms with Gasteiger partial charge in [0.2, 0.25) is 5.91 Å². The molecule has 1 aromatic carbocycles. The van der Waals surface area contributed by atoms with Crippen molar-refractivity contribution < 1.29 is 9.59 Å². The van der Waals surface area contributed by atoms with Crippen molar-refractivity contribution in [3.05, 3.63) is 34.9 Å². The highest BCUT2D eigenvalue weighted by Gasteiger charge is 2.14. The highest BCUT2D eigenvalue weighted by Crippen LogP contribution is 2.14. The van der Waals surface area contributed by atoms with Crippen LogP contribution in [0, 0.1) is 13.8 Å². The van der Waals surface area contributed by atoms with E-state index in [-0.39, 0.29) is 11.7 Å². The number of hydrogen-bond donors (Lipinski definition) is 0. The monoisotopic (exact) mass is 275 g/mol. The Morgan fingerprint density at radius 3 is 2.50 bits per heavy atom. The van der Waals surface area contributed by atoms with E-state index >= 15 is 0 Å². The molecule has 0 saturated carbocycles. The van der Waals surface area contributed by atoms with E-state index in [2.05, 4.69) is 6.92 Å². The quantitative estimate of drug-likeness (QED) is 0.714. The SMILES string of the molecule is CCCCN(C)C(=O)CCC(=O)c1cc(C)ccc1C. The van der Waals surface area contributed by atoms with Crippen molar-refractivity contribution in [3.63, 3.8) is 0 Å². The summed E-state index contributed by atoms with van der Waals surface area (Å²) in [7, 11) is 1.81. The van der Waals surface area contributed by atoms with Crippen LogP contribution in [-0.2, 0) is 4.79 Å². The molecular weight excluding hydrogens is 250 g/mol. The Morgan fingerprint density at radius 1 is 1.15 bits per heavy atom. The lowest BCUT2D eigenvalue weighted by molar-refractivity contribution is -0.129. The molecule has 0 unspecified atom stereocenters. The molecule has 0 N–H and O–H groups in total. The largest absolute Gasteiger partial charge is 0.346 e. The summed E-state index contributed by atoms with van der Waals surface area (Å²) in [5, 5.41) is 0. The third-order valence-electron chi connectivity index (χ3n) is 3.53. The molecule has 3 nitrogen and oxygen atoms in total. The van der Waals surface area contributed by atoms with Crippen LogP contribution in [0.4, 0.5) is 0 Å². The first-order valence-electron chi connectivity index (χ1n) is 7.30. The minimum atomic E-state index is 0.0529. The fraction of sp³-hybridized carbons (Fsp3) is 0.529. The number of carbonyl (C=O) groups excluding carboxylic acids is 2. The summed E-state index contributed by atoms with van der Waals surface area (Å²) < 4.78 is 0. The van der Waals surface area contributed by atoms with Crippen LogP contribution < -0.4 is 0 Å². The molecule has 0 radical (unpaired) electrons. The predicted molar refractivity (Wildman–Crippen MR) is 82.0 cm³/mol. The zero-order valence-corrected chi connectivity index (χ0v) is 13.0. The molecule has 20 heavy (non-hydrogen) atoms. The molecule has 0 aliphatic heterocycles. The van der Waals surface area contributed by atoms with Crippen molar-refractivity contribution in [2.75, 3.05) is 13.6 Å². The molecule has 1 rings (SSSR count). The van der Waals surface area contributed by atoms with Crippen LogP contribution in [0.3, 0.4) is 0 Å². The molecule has 1 amide bonds. The smallest absolute Gasteiger partial charge is 0.222 e. The first-order valence-corrected chi connectivity index (χ1v) is 7.30. The number of benzene rings is 1. The van der Waals surface area contributed by atoms with Crippen molar-refractivity contribution in [3.8, 4) is 0 Å². The molecule has 0 bridgehead atoms. The number of rotatable bonds is 7. The highest BCUT2D eigenvalue weighted by molar-refractivity contribution is 5.99. The van der Waals surface area contributed by atoms with Crippen LogP contribution in [0.5, 0.6) is 0 Å². The van der Waals surface area contributed by atoms with Gasteiger partial charge in [0.15, 0.2) is 5.78 Å². The maximum Gasteiger partial charge on any atom is 0.222 e. The first-order chi connectivity index (χ1) is 9.45. The van der Waals surface area contributed by atoms with Crippen LogP contribution >= 0.6 is 0 Å². The van der Waals surface area contributed by atoms with Gasteiger partial charge in [-0.2, -0.15) is 0 Å². The van der Waals surface area contributed by atoms with Gasteiger partial charge in [0.25, 0.3) is 0 Å². The topological polar surface area (TPSA) is 37.4 Å². The molecule has 0 aromatic heterocycles. The van der Waals surface area contributed by atoms with Gasteiger partial charge in [-0.05, 0) is 31.9 Å². The first kappa shape index (κ1) is 16.4. The predicted octanol–water partition coefficient (Wildman–Crippen LogP) is 3.52. The van der Waals surface area contributed by atoms with Crippen LogP contribution in [0.25, 0.3) is 0 Å². The molecule has 3 heteroatoms. The fourth-order valence-electron chi connectivity index (χ4n) is 2.10. The van der Waals surface area contributed by atoms with Crippen molar-refractivity contribution in [1.29, 1.82) is 0 Å². The van der Waals surface area contributed by atoms with E-state index in [0.717, 1.165) is 36.1 Å². The van der Waals surface area contributed by atoms with E-state index in [9.17, 15) is 9.59 Å². The van der Waals surface area contributed by atoms with Gasteiger partial charge < -0.3 is 4.90 Å². The summed E-state index contributed by atoms with van der Waals surface area (Å²) in [5.74, 6) is 0.112. The number of carbonyl (C=O) groups is 2. The highest BCUT2D eigenvalue weighted by atomic mass is 16.2. The zero-order valence-electron chi connectivity index (χ0n) is 13.0. The molecule has 1 aromatic rings. The fourth-order valence-corrected chi connectivity index (χ4v) is 2.10. The second-order valence-corrected chi connectivity index (χ2v) is 5.41. The second-order valence-electron chi connectivity index (χ2n) is 5.41. The van der Waals surface area contributed by atoms with Gasteiger partial charge >= 0.3 is 0 Å². The van der Waals surface area contributed by atoms with Gasteiger partial charge in [-0.1, -0.05) is 31.0 Å². The summed E-state index contributed by atoms with van der Waals surface area (Å²) in [5.41, 5.74) is 2.80. The van der Waals surface area contributed by atoms with E-state index in [1.807, 2.05) is 32.0 Å². The van der Waals surface area contributed by atoms with Crippen molar-refractivity contribution >= 4 is 11.7 Å². The molecule has 110 valence electrons. The van der Waals surface area contributed by atoms with Gasteiger partial charge in [-0.3, -0.25) is 9.59 Å². The van der Waals surface area contributed by atoms with Gasteiger partial charge in [0.1, 0.15) is 0 Å². The lowest BCUT2D eigenvalue weighted by Crippen LogP contribution is -2.28. The Balaban J connectivity index is 2.55. The van der Waals surface area contributed by atoms with Crippen LogP contribution in [-0.4, -0.2) is 30.2 Å². The molecule has 0 saturated heterocycles. The second kappa shape index (κ2) is 7.83. The van der Waals surface area contributed by atoms with E-state index in [1.165, 1.54) is 0 Å². The molecule has 0 aliphatic carbocycles. The molecule has 0 spiro atoms. The van der Waals surface area contributed by atoms with Crippen molar-refractivity contribution in [2.24, 2.45) is 0 Å². The third-order valence-corrected chi connectivity index (χ3v) is 3.53. The summed E-state index contributed by atoms with van der Waals surface area (Å²) >= 11 is 0. The Labute approximate surface area is 122 Å². The Bertz CT molecular complexity index is 480. The maximum atomic E-state index is 12.2. The standard InChI is InChI=1S/C17H25NO2/c1-5-6-11-18(4)17(20)10-9-16(19)15-12-13(2)7-8-14(15)3/h7-8,12H,5-6,9-11H2,1-4H3. The van der Waals surface area contributed by atoms with E-state index in [1.54, 1.807) is 11.9 Å². The van der Waals surface area contributed by atoms with Gasteiger partial charge in [0.05, 0.1) is 0 Å². The molecule has 0 heterocycles. The van der Waals surface area contributed by atoms with Crippen LogP contribution in [0.2, 0.25) is 0 Å². The number of hydrogen-bond acceptors (Lipinski definition) is 2. The minimum absolute atomic E-state index is 0.0529.